The number of hydrogen-bond donors (Lipinski definition) is 0. The van der Waals surface area contributed by atoms with Crippen LogP contribution in [0.4, 0.5) is 0 Å². The van der Waals surface area contributed by atoms with Gasteiger partial charge in [-0.3, -0.25) is 14.6 Å². The van der Waals surface area contributed by atoms with Crippen LogP contribution in [0.1, 0.15) is 17.9 Å². The molecule has 0 bridgehead atoms. The predicted octanol–water partition coefficient (Wildman–Crippen LogP) is 1.95. The van der Waals surface area contributed by atoms with Crippen molar-refractivity contribution in [3.05, 3.63) is 28.0 Å². The fraction of sp³-hybridized carbons (Fsp3) is 0.222. The number of esters is 2. The predicted molar refractivity (Wildman–Crippen MR) is 52.7 cm³/mol. The van der Waals surface area contributed by atoms with Gasteiger partial charge in [-0.05, 0) is 0 Å². The Hall–Kier alpha value is -1.13. The van der Waals surface area contributed by atoms with E-state index in [0.29, 0.717) is 5.56 Å². The summed E-state index contributed by atoms with van der Waals surface area (Å²) in [5, 5.41) is 0.526. The minimum atomic E-state index is -0.708. The molecule has 78 valence electrons. The fourth-order valence-corrected chi connectivity index (χ4v) is 2.08. The number of nitrogens with zero attached hydrogens (tertiary/aromatic N) is 1. The molecule has 0 N–H and O–H groups in total. The van der Waals surface area contributed by atoms with Gasteiger partial charge in [0.05, 0.1) is 22.4 Å². The van der Waals surface area contributed by atoms with Gasteiger partial charge < -0.3 is 4.74 Å². The zero-order valence-corrected chi connectivity index (χ0v) is 8.88. The number of carbonyl (C=O) groups is 2. The average Bonchev–Trinajstić information content (AvgIpc) is 2.45. The van der Waals surface area contributed by atoms with E-state index in [2.05, 4.69) is 9.72 Å². The van der Waals surface area contributed by atoms with Gasteiger partial charge in [0.15, 0.2) is 0 Å². The number of cyclic esters (lactones) is 2. The van der Waals surface area contributed by atoms with Crippen LogP contribution >= 0.6 is 23.2 Å². The molecule has 6 heteroatoms. The molecule has 1 aliphatic rings. The Morgan fingerprint density at radius 1 is 1.27 bits per heavy atom. The van der Waals surface area contributed by atoms with Crippen molar-refractivity contribution in [1.29, 1.82) is 0 Å². The van der Waals surface area contributed by atoms with Gasteiger partial charge in [0.25, 0.3) is 0 Å². The lowest BCUT2D eigenvalue weighted by molar-refractivity contribution is -0.152. The number of ether oxygens (including phenoxy) is 1. The van der Waals surface area contributed by atoms with Crippen LogP contribution in [0, 0.1) is 0 Å². The van der Waals surface area contributed by atoms with Gasteiger partial charge in [-0.15, -0.1) is 0 Å². The van der Waals surface area contributed by atoms with Gasteiger partial charge in [0, 0.05) is 18.0 Å². The van der Waals surface area contributed by atoms with Crippen molar-refractivity contribution in [1.82, 2.24) is 4.98 Å². The SMILES string of the molecule is O=C1CC(c2c(Cl)cncc2Cl)C(=O)O1. The second-order valence-corrected chi connectivity index (χ2v) is 3.88. The third-order valence-corrected chi connectivity index (χ3v) is 2.71. The van der Waals surface area contributed by atoms with Gasteiger partial charge in [-0.2, -0.15) is 0 Å². The fourth-order valence-electron chi connectivity index (χ4n) is 1.45. The van der Waals surface area contributed by atoms with Crippen molar-refractivity contribution in [2.45, 2.75) is 12.3 Å². The van der Waals surface area contributed by atoms with Gasteiger partial charge in [-0.1, -0.05) is 23.2 Å². The van der Waals surface area contributed by atoms with E-state index in [9.17, 15) is 9.59 Å². The summed E-state index contributed by atoms with van der Waals surface area (Å²) in [6, 6.07) is 0. The Balaban J connectivity index is 2.46. The molecule has 1 atom stereocenters. The van der Waals surface area contributed by atoms with Crippen molar-refractivity contribution in [3.63, 3.8) is 0 Å². The first-order chi connectivity index (χ1) is 7.09. The Morgan fingerprint density at radius 3 is 2.33 bits per heavy atom. The molecule has 2 heterocycles. The lowest BCUT2D eigenvalue weighted by atomic mass is 9.99. The van der Waals surface area contributed by atoms with Crippen LogP contribution in [-0.2, 0) is 14.3 Å². The van der Waals surface area contributed by atoms with E-state index in [1.165, 1.54) is 12.4 Å². The van der Waals surface area contributed by atoms with Crippen LogP contribution < -0.4 is 0 Å². The Bertz CT molecular complexity index is 427. The van der Waals surface area contributed by atoms with E-state index < -0.39 is 17.9 Å². The number of pyridine rings is 1. The molecule has 1 aromatic rings. The summed E-state index contributed by atoms with van der Waals surface area (Å²) in [7, 11) is 0. The number of halogens is 2. The maximum Gasteiger partial charge on any atom is 0.321 e. The van der Waals surface area contributed by atoms with Crippen molar-refractivity contribution in [2.24, 2.45) is 0 Å². The molecule has 15 heavy (non-hydrogen) atoms. The van der Waals surface area contributed by atoms with E-state index in [1.807, 2.05) is 0 Å². The molecular formula is C9H5Cl2NO3. The molecule has 0 aromatic carbocycles. The van der Waals surface area contributed by atoms with Crippen molar-refractivity contribution < 1.29 is 14.3 Å². The van der Waals surface area contributed by atoms with Gasteiger partial charge in [0.1, 0.15) is 0 Å². The van der Waals surface area contributed by atoms with Crippen molar-refractivity contribution in [3.8, 4) is 0 Å². The van der Waals surface area contributed by atoms with Crippen LogP contribution in [0.15, 0.2) is 12.4 Å². The van der Waals surface area contributed by atoms with E-state index in [-0.39, 0.29) is 16.5 Å². The molecule has 0 saturated carbocycles. The molecule has 0 spiro atoms. The van der Waals surface area contributed by atoms with Crippen molar-refractivity contribution >= 4 is 35.1 Å². The minimum Gasteiger partial charge on any atom is -0.393 e. The molecule has 1 saturated heterocycles. The van der Waals surface area contributed by atoms with E-state index in [0.717, 1.165) is 0 Å². The molecule has 0 amide bonds. The summed E-state index contributed by atoms with van der Waals surface area (Å²) >= 11 is 11.7. The molecule has 4 nitrogen and oxygen atoms in total. The quantitative estimate of drug-likeness (QED) is 0.561. The van der Waals surface area contributed by atoms with E-state index >= 15 is 0 Å². The number of hydrogen-bond acceptors (Lipinski definition) is 4. The molecule has 2 rings (SSSR count). The molecular weight excluding hydrogens is 241 g/mol. The molecule has 1 aromatic heterocycles. The third-order valence-electron chi connectivity index (χ3n) is 2.11. The largest absolute Gasteiger partial charge is 0.393 e. The minimum absolute atomic E-state index is 0.0255. The van der Waals surface area contributed by atoms with Gasteiger partial charge in [0.2, 0.25) is 0 Å². The van der Waals surface area contributed by atoms with Gasteiger partial charge >= 0.3 is 11.9 Å². The number of carbonyl (C=O) groups excluding carboxylic acids is 2. The lowest BCUT2D eigenvalue weighted by Gasteiger charge is -2.08. The Labute approximate surface area is 95.1 Å². The average molecular weight is 246 g/mol. The zero-order valence-electron chi connectivity index (χ0n) is 7.37. The number of aromatic nitrogens is 1. The molecule has 1 aliphatic heterocycles. The van der Waals surface area contributed by atoms with Crippen molar-refractivity contribution in [2.75, 3.05) is 0 Å². The lowest BCUT2D eigenvalue weighted by Crippen LogP contribution is -2.07. The zero-order chi connectivity index (χ0) is 11.0. The first-order valence-electron chi connectivity index (χ1n) is 4.13. The smallest absolute Gasteiger partial charge is 0.321 e. The first kappa shape index (κ1) is 10.4. The van der Waals surface area contributed by atoms with E-state index in [4.69, 9.17) is 23.2 Å². The standard InChI is InChI=1S/C9H5Cl2NO3/c10-5-2-12-3-6(11)8(5)4-1-7(13)15-9(4)14/h2-4H,1H2. The van der Waals surface area contributed by atoms with E-state index in [1.54, 1.807) is 0 Å². The highest BCUT2D eigenvalue weighted by atomic mass is 35.5. The third kappa shape index (κ3) is 1.82. The van der Waals surface area contributed by atoms with Crippen LogP contribution in [0.5, 0.6) is 0 Å². The summed E-state index contributed by atoms with van der Waals surface area (Å²) in [5.74, 6) is -1.88. The second kappa shape index (κ2) is 3.79. The normalized spacial score (nSPS) is 20.5. The maximum absolute atomic E-state index is 11.3. The van der Waals surface area contributed by atoms with Crippen LogP contribution in [-0.4, -0.2) is 16.9 Å². The monoisotopic (exact) mass is 245 g/mol. The highest BCUT2D eigenvalue weighted by Crippen LogP contribution is 2.36. The highest BCUT2D eigenvalue weighted by Gasteiger charge is 2.37. The summed E-state index contributed by atoms with van der Waals surface area (Å²) in [6.07, 6.45) is 2.72. The molecule has 1 unspecified atom stereocenters. The summed E-state index contributed by atoms with van der Waals surface area (Å²) in [6.45, 7) is 0. The Morgan fingerprint density at radius 2 is 1.87 bits per heavy atom. The maximum atomic E-state index is 11.3. The first-order valence-corrected chi connectivity index (χ1v) is 4.88. The molecule has 0 aliphatic carbocycles. The topological polar surface area (TPSA) is 56.3 Å². The highest BCUT2D eigenvalue weighted by molar-refractivity contribution is 6.36. The summed E-state index contributed by atoms with van der Waals surface area (Å²) in [4.78, 5) is 26.0. The second-order valence-electron chi connectivity index (χ2n) is 3.07. The molecule has 0 radical (unpaired) electrons. The summed E-state index contributed by atoms with van der Waals surface area (Å²) < 4.78 is 4.42. The summed E-state index contributed by atoms with van der Waals surface area (Å²) in [5.41, 5.74) is 0.407. The molecule has 1 fully saturated rings. The van der Waals surface area contributed by atoms with Crippen LogP contribution in [0.25, 0.3) is 0 Å². The van der Waals surface area contributed by atoms with Crippen LogP contribution in [0.2, 0.25) is 10.0 Å². The van der Waals surface area contributed by atoms with Gasteiger partial charge in [-0.25, -0.2) is 0 Å². The number of rotatable bonds is 1. The van der Waals surface area contributed by atoms with Crippen LogP contribution in [0.3, 0.4) is 0 Å². The Kier molecular flexibility index (Phi) is 2.63.